The molecule has 8 nitrogen and oxygen atoms in total. The molecule has 3 fully saturated rings. The molecular weight excluding hydrogens is 462 g/mol. The first-order valence-electron chi connectivity index (χ1n) is 12.7. The van der Waals surface area contributed by atoms with Crippen LogP contribution in [0.5, 0.6) is 0 Å². The van der Waals surface area contributed by atoms with E-state index >= 15 is 0 Å². The van der Waals surface area contributed by atoms with Gasteiger partial charge < -0.3 is 20.5 Å². The van der Waals surface area contributed by atoms with E-state index in [1.165, 1.54) is 30.6 Å². The van der Waals surface area contributed by atoms with Gasteiger partial charge >= 0.3 is 0 Å². The number of aliphatic hydroxyl groups excluding tert-OH is 1. The molecule has 35 heavy (non-hydrogen) atoms. The summed E-state index contributed by atoms with van der Waals surface area (Å²) in [5, 5.41) is 17.2. The fourth-order valence-corrected chi connectivity index (χ4v) is 6.01. The van der Waals surface area contributed by atoms with Gasteiger partial charge in [-0.25, -0.2) is 15.0 Å². The van der Waals surface area contributed by atoms with Gasteiger partial charge in [-0.15, -0.1) is 0 Å². The van der Waals surface area contributed by atoms with Crippen molar-refractivity contribution in [2.24, 2.45) is 5.92 Å². The molecule has 2 heterocycles. The zero-order chi connectivity index (χ0) is 23.8. The fourth-order valence-electron chi connectivity index (χ4n) is 5.10. The molecule has 6 rings (SSSR count). The van der Waals surface area contributed by atoms with Gasteiger partial charge in [0.05, 0.1) is 22.4 Å². The van der Waals surface area contributed by atoms with Crippen molar-refractivity contribution in [2.45, 2.75) is 82.3 Å². The number of hydrogen-bond donors (Lipinski definition) is 3. The van der Waals surface area contributed by atoms with E-state index in [0.717, 1.165) is 53.4 Å². The highest BCUT2D eigenvalue weighted by Gasteiger charge is 2.36. The van der Waals surface area contributed by atoms with Crippen molar-refractivity contribution >= 4 is 32.6 Å². The van der Waals surface area contributed by atoms with Crippen LogP contribution in [-0.4, -0.2) is 50.3 Å². The zero-order valence-electron chi connectivity index (χ0n) is 19.7. The summed E-state index contributed by atoms with van der Waals surface area (Å²) >= 11 is 1.49. The van der Waals surface area contributed by atoms with Crippen LogP contribution in [-0.2, 0) is 16.1 Å². The first-order chi connectivity index (χ1) is 17.1. The molecule has 0 bridgehead atoms. The number of ether oxygens (including phenoxy) is 1. The van der Waals surface area contributed by atoms with E-state index in [-0.39, 0.29) is 24.0 Å². The van der Waals surface area contributed by atoms with Crippen LogP contribution in [0.4, 0.5) is 5.13 Å². The number of nitrogens with one attached hydrogen (secondary N) is 2. The normalized spacial score (nSPS) is 26.4. The van der Waals surface area contributed by atoms with Crippen molar-refractivity contribution in [1.82, 2.24) is 20.3 Å². The summed E-state index contributed by atoms with van der Waals surface area (Å²) in [5.74, 6) is 0.761. The Morgan fingerprint density at radius 3 is 2.57 bits per heavy atom. The van der Waals surface area contributed by atoms with Gasteiger partial charge in [-0.2, -0.15) is 0 Å². The van der Waals surface area contributed by atoms with E-state index in [1.807, 2.05) is 12.1 Å². The van der Waals surface area contributed by atoms with Crippen molar-refractivity contribution in [3.05, 3.63) is 36.4 Å². The summed E-state index contributed by atoms with van der Waals surface area (Å²) < 4.78 is 6.79. The molecule has 3 saturated carbocycles. The molecule has 0 unspecified atom stereocenters. The van der Waals surface area contributed by atoms with Crippen LogP contribution < -0.4 is 10.6 Å². The molecule has 3 aromatic rings. The van der Waals surface area contributed by atoms with E-state index < -0.39 is 0 Å². The number of aliphatic hydroxyl groups is 1. The number of amides is 1. The summed E-state index contributed by atoms with van der Waals surface area (Å²) in [6, 6.07) is 7.19. The number of aromatic nitrogens is 3. The number of benzene rings is 1. The number of hydrogen-bond acceptors (Lipinski definition) is 8. The lowest BCUT2D eigenvalue weighted by atomic mass is 9.78. The molecule has 1 aromatic carbocycles. The van der Waals surface area contributed by atoms with Crippen molar-refractivity contribution in [2.75, 3.05) is 5.32 Å². The first-order valence-corrected chi connectivity index (χ1v) is 13.5. The Balaban J connectivity index is 1.05. The van der Waals surface area contributed by atoms with Gasteiger partial charge in [0.2, 0.25) is 5.91 Å². The second-order valence-corrected chi connectivity index (χ2v) is 11.1. The highest BCUT2D eigenvalue weighted by atomic mass is 32.1. The second kappa shape index (κ2) is 9.89. The third-order valence-corrected chi connectivity index (χ3v) is 8.52. The monoisotopic (exact) mass is 493 g/mol. The van der Waals surface area contributed by atoms with E-state index in [4.69, 9.17) is 4.74 Å². The maximum atomic E-state index is 12.6. The fraction of sp³-hybridized carbons (Fsp3) is 0.538. The molecule has 0 aliphatic heterocycles. The Morgan fingerprint density at radius 1 is 1.06 bits per heavy atom. The molecule has 3 aliphatic rings. The molecule has 0 radical (unpaired) electrons. The molecule has 0 spiro atoms. The number of anilines is 1. The van der Waals surface area contributed by atoms with Crippen molar-refractivity contribution in [3.8, 4) is 11.1 Å². The number of nitrogens with zero attached hydrogens (tertiary/aromatic N) is 3. The minimum Gasteiger partial charge on any atom is -0.390 e. The van der Waals surface area contributed by atoms with Crippen LogP contribution >= 0.6 is 11.3 Å². The van der Waals surface area contributed by atoms with Gasteiger partial charge in [0, 0.05) is 36.0 Å². The number of carbonyl (C=O) groups excluding carboxylic acids is 1. The van der Waals surface area contributed by atoms with E-state index in [2.05, 4.69) is 31.7 Å². The van der Waals surface area contributed by atoms with Gasteiger partial charge in [0.25, 0.3) is 0 Å². The van der Waals surface area contributed by atoms with E-state index in [9.17, 15) is 9.90 Å². The van der Waals surface area contributed by atoms with Crippen LogP contribution in [0, 0.1) is 5.92 Å². The van der Waals surface area contributed by atoms with Crippen LogP contribution in [0.3, 0.4) is 0 Å². The summed E-state index contributed by atoms with van der Waals surface area (Å²) in [5.41, 5.74) is 2.78. The number of thiazole rings is 1. The topological polar surface area (TPSA) is 109 Å². The zero-order valence-corrected chi connectivity index (χ0v) is 20.5. The standard InChI is InChI=1S/C26H31N5O3S/c32-21-5-2-6-22(21)34-14-24-27-12-17(13-28-24)15-7-8-20-23(11-15)35-26(30-20)31-25(33)16-9-19(10-16)29-18-3-1-4-18/h7-8,11-13,16,18-19,21-22,29,32H,1-6,9-10,14H2,(H,30,31,33)/t16?,19?,21-,22-/m0/s1. The van der Waals surface area contributed by atoms with E-state index in [0.29, 0.717) is 29.6 Å². The highest BCUT2D eigenvalue weighted by molar-refractivity contribution is 7.22. The Morgan fingerprint density at radius 2 is 1.86 bits per heavy atom. The average Bonchev–Trinajstić information content (AvgIpc) is 3.40. The van der Waals surface area contributed by atoms with Crippen LogP contribution in [0.25, 0.3) is 21.3 Å². The largest absolute Gasteiger partial charge is 0.390 e. The predicted octanol–water partition coefficient (Wildman–Crippen LogP) is 4.04. The van der Waals surface area contributed by atoms with Crippen LogP contribution in [0.1, 0.15) is 57.2 Å². The molecule has 3 N–H and O–H groups in total. The Kier molecular flexibility index (Phi) is 6.49. The summed E-state index contributed by atoms with van der Waals surface area (Å²) in [6.07, 6.45) is 11.5. The molecule has 9 heteroatoms. The van der Waals surface area contributed by atoms with Gasteiger partial charge in [0.1, 0.15) is 6.61 Å². The smallest absolute Gasteiger partial charge is 0.229 e. The molecule has 2 aromatic heterocycles. The third-order valence-electron chi connectivity index (χ3n) is 7.59. The minimum absolute atomic E-state index is 0.0757. The number of carbonyl (C=O) groups is 1. The summed E-state index contributed by atoms with van der Waals surface area (Å²) in [7, 11) is 0. The quantitative estimate of drug-likeness (QED) is 0.434. The maximum Gasteiger partial charge on any atom is 0.229 e. The van der Waals surface area contributed by atoms with Crippen molar-refractivity contribution in [3.63, 3.8) is 0 Å². The molecule has 3 aliphatic carbocycles. The van der Waals surface area contributed by atoms with Gasteiger partial charge in [-0.1, -0.05) is 23.8 Å². The lowest BCUT2D eigenvalue weighted by molar-refractivity contribution is -0.123. The van der Waals surface area contributed by atoms with Crippen molar-refractivity contribution in [1.29, 1.82) is 0 Å². The Labute approximate surface area is 208 Å². The Hall–Kier alpha value is -2.46. The van der Waals surface area contributed by atoms with Gasteiger partial charge in [-0.05, 0) is 62.6 Å². The molecule has 0 saturated heterocycles. The number of rotatable bonds is 8. The highest BCUT2D eigenvalue weighted by Crippen LogP contribution is 2.34. The number of fused-ring (bicyclic) bond motifs is 1. The maximum absolute atomic E-state index is 12.6. The average molecular weight is 494 g/mol. The van der Waals surface area contributed by atoms with Gasteiger partial charge in [0.15, 0.2) is 11.0 Å². The summed E-state index contributed by atoms with van der Waals surface area (Å²) in [4.78, 5) is 26.1. The minimum atomic E-state index is -0.380. The lowest BCUT2D eigenvalue weighted by Gasteiger charge is -2.39. The SMILES string of the molecule is O=C(Nc1nc2ccc(-c3cnc(CO[C@H]4CCC[C@@H]4O)nc3)cc2s1)C1CC(NC2CCC2)C1. The van der Waals surface area contributed by atoms with Crippen molar-refractivity contribution < 1.29 is 14.6 Å². The van der Waals surface area contributed by atoms with Gasteiger partial charge in [-0.3, -0.25) is 4.79 Å². The molecule has 2 atom stereocenters. The van der Waals surface area contributed by atoms with Crippen LogP contribution in [0.2, 0.25) is 0 Å². The van der Waals surface area contributed by atoms with Crippen LogP contribution in [0.15, 0.2) is 30.6 Å². The Bertz CT molecular complexity index is 1190. The second-order valence-electron chi connectivity index (χ2n) is 10.1. The predicted molar refractivity (Wildman–Crippen MR) is 135 cm³/mol. The molecular formula is C26H31N5O3S. The molecule has 184 valence electrons. The summed E-state index contributed by atoms with van der Waals surface area (Å²) in [6.45, 7) is 0.303. The molecule has 1 amide bonds. The third kappa shape index (κ3) is 5.09. The first kappa shape index (κ1) is 23.0. The lowest BCUT2D eigenvalue weighted by Crippen LogP contribution is -2.51. The van der Waals surface area contributed by atoms with E-state index in [1.54, 1.807) is 12.4 Å².